The van der Waals surface area contributed by atoms with Crippen LogP contribution < -0.4 is 0 Å². The van der Waals surface area contributed by atoms with Crippen molar-refractivity contribution in [2.75, 3.05) is 0 Å². The van der Waals surface area contributed by atoms with Gasteiger partial charge in [-0.1, -0.05) is 16.8 Å². The zero-order valence-corrected chi connectivity index (χ0v) is 10.6. The molecule has 6 heteroatoms. The van der Waals surface area contributed by atoms with Crippen LogP contribution in [0.5, 0.6) is 0 Å². The number of thioether (sulfide) groups is 1. The minimum atomic E-state index is -0.222. The van der Waals surface area contributed by atoms with Gasteiger partial charge in [-0.3, -0.25) is 4.79 Å². The van der Waals surface area contributed by atoms with Gasteiger partial charge in [-0.25, -0.2) is 0 Å². The normalized spacial score (nSPS) is 10.5. The number of ketones is 1. The topological polar surface area (TPSA) is 56.0 Å². The molecule has 1 aromatic heterocycles. The molecule has 0 N–H and O–H groups in total. The summed E-state index contributed by atoms with van der Waals surface area (Å²) in [6, 6.07) is 7.47. The van der Waals surface area contributed by atoms with Crippen molar-refractivity contribution in [3.05, 3.63) is 41.0 Å². The van der Waals surface area contributed by atoms with Crippen LogP contribution in [-0.4, -0.2) is 15.9 Å². The lowest BCUT2D eigenvalue weighted by atomic mass is 10.4. The maximum atomic E-state index is 11.0. The highest BCUT2D eigenvalue weighted by Gasteiger charge is 2.10. The van der Waals surface area contributed by atoms with E-state index in [1.165, 1.54) is 6.92 Å². The summed E-state index contributed by atoms with van der Waals surface area (Å²) < 4.78 is 4.79. The Morgan fingerprint density at radius 3 is 2.71 bits per heavy atom. The van der Waals surface area contributed by atoms with Crippen molar-refractivity contribution in [2.24, 2.45) is 0 Å². The molecule has 1 aromatic carbocycles. The Hall–Kier alpha value is -1.33. The molecule has 0 fully saturated rings. The number of halogens is 1. The van der Waals surface area contributed by atoms with Gasteiger partial charge in [0, 0.05) is 16.8 Å². The standard InChI is InChI=1S/C11H9ClN2O2S/c1-7(15)11-13-10(14-16-11)6-17-9-4-2-8(12)3-5-9/h2-5H,6H2,1H3. The second-order valence-corrected chi connectivity index (χ2v) is 4.80. The van der Waals surface area contributed by atoms with Crippen LogP contribution in [-0.2, 0) is 5.75 Å². The van der Waals surface area contributed by atoms with Crippen molar-refractivity contribution in [1.82, 2.24) is 10.1 Å². The van der Waals surface area contributed by atoms with Crippen molar-refractivity contribution in [1.29, 1.82) is 0 Å². The fourth-order valence-electron chi connectivity index (χ4n) is 1.13. The average molecular weight is 269 g/mol. The first-order valence-electron chi connectivity index (χ1n) is 4.87. The lowest BCUT2D eigenvalue weighted by Gasteiger charge is -1.97. The Bertz CT molecular complexity index is 525. The van der Waals surface area contributed by atoms with Crippen LogP contribution in [0.15, 0.2) is 33.7 Å². The van der Waals surface area contributed by atoms with E-state index in [0.717, 1.165) is 4.90 Å². The number of Topliss-reactive ketones (excluding diaryl/α,β-unsaturated/α-hetero) is 1. The molecule has 2 rings (SSSR count). The van der Waals surface area contributed by atoms with Crippen LogP contribution >= 0.6 is 23.4 Å². The molecule has 0 saturated heterocycles. The minimum absolute atomic E-state index is 0.0525. The van der Waals surface area contributed by atoms with Gasteiger partial charge in [0.05, 0.1) is 5.75 Å². The lowest BCUT2D eigenvalue weighted by Crippen LogP contribution is -1.92. The third-order valence-electron chi connectivity index (χ3n) is 1.95. The quantitative estimate of drug-likeness (QED) is 0.629. The van der Waals surface area contributed by atoms with Crippen LogP contribution in [0.25, 0.3) is 0 Å². The Morgan fingerprint density at radius 1 is 1.41 bits per heavy atom. The molecule has 0 spiro atoms. The summed E-state index contributed by atoms with van der Waals surface area (Å²) in [6.45, 7) is 1.39. The molecule has 4 nitrogen and oxygen atoms in total. The van der Waals surface area contributed by atoms with Gasteiger partial charge in [0.25, 0.3) is 5.89 Å². The van der Waals surface area contributed by atoms with E-state index in [2.05, 4.69) is 10.1 Å². The van der Waals surface area contributed by atoms with E-state index in [-0.39, 0.29) is 11.7 Å². The number of carbonyl (C=O) groups is 1. The van der Waals surface area contributed by atoms with E-state index in [1.807, 2.05) is 24.3 Å². The number of benzene rings is 1. The zero-order chi connectivity index (χ0) is 12.3. The highest BCUT2D eigenvalue weighted by Crippen LogP contribution is 2.23. The summed E-state index contributed by atoms with van der Waals surface area (Å²) in [6.07, 6.45) is 0. The lowest BCUT2D eigenvalue weighted by molar-refractivity contribution is 0.0972. The van der Waals surface area contributed by atoms with Gasteiger partial charge >= 0.3 is 0 Å². The van der Waals surface area contributed by atoms with Gasteiger partial charge < -0.3 is 4.52 Å². The molecule has 0 saturated carbocycles. The largest absolute Gasteiger partial charge is 0.331 e. The van der Waals surface area contributed by atoms with Crippen molar-refractivity contribution in [2.45, 2.75) is 17.6 Å². The van der Waals surface area contributed by atoms with Gasteiger partial charge in [-0.2, -0.15) is 4.98 Å². The van der Waals surface area contributed by atoms with Gasteiger partial charge in [0.1, 0.15) is 0 Å². The first kappa shape index (κ1) is 12.1. The first-order chi connectivity index (χ1) is 8.15. The van der Waals surface area contributed by atoms with Gasteiger partial charge in [0.2, 0.25) is 5.78 Å². The molecule has 88 valence electrons. The van der Waals surface area contributed by atoms with Crippen LogP contribution in [0.4, 0.5) is 0 Å². The molecule has 0 aliphatic carbocycles. The van der Waals surface area contributed by atoms with Crippen LogP contribution in [0.1, 0.15) is 23.4 Å². The van der Waals surface area contributed by atoms with Crippen molar-refractivity contribution < 1.29 is 9.32 Å². The second kappa shape index (κ2) is 5.33. The summed E-state index contributed by atoms with van der Waals surface area (Å²) in [5, 5.41) is 4.42. The van der Waals surface area contributed by atoms with Crippen LogP contribution in [0.2, 0.25) is 5.02 Å². The molecule has 0 aliphatic heterocycles. The van der Waals surface area contributed by atoms with Crippen molar-refractivity contribution in [3.8, 4) is 0 Å². The van der Waals surface area contributed by atoms with Crippen LogP contribution in [0, 0.1) is 0 Å². The van der Waals surface area contributed by atoms with E-state index in [1.54, 1.807) is 11.8 Å². The number of nitrogens with zero attached hydrogens (tertiary/aromatic N) is 2. The van der Waals surface area contributed by atoms with E-state index < -0.39 is 0 Å². The number of hydrogen-bond donors (Lipinski definition) is 0. The third-order valence-corrected chi connectivity index (χ3v) is 3.21. The molecule has 1 heterocycles. The third kappa shape index (κ3) is 3.31. The van der Waals surface area contributed by atoms with Gasteiger partial charge in [-0.15, -0.1) is 11.8 Å². The van der Waals surface area contributed by atoms with E-state index in [4.69, 9.17) is 16.1 Å². The van der Waals surface area contributed by atoms with Gasteiger partial charge in [0.15, 0.2) is 5.82 Å². The number of carbonyl (C=O) groups excluding carboxylic acids is 1. The monoisotopic (exact) mass is 268 g/mol. The Labute approximate surface area is 107 Å². The van der Waals surface area contributed by atoms with Crippen molar-refractivity contribution in [3.63, 3.8) is 0 Å². The molecule has 0 atom stereocenters. The maximum absolute atomic E-state index is 11.0. The van der Waals surface area contributed by atoms with E-state index >= 15 is 0 Å². The molecule has 0 radical (unpaired) electrons. The highest BCUT2D eigenvalue weighted by molar-refractivity contribution is 7.98. The predicted molar refractivity (Wildman–Crippen MR) is 65.3 cm³/mol. The maximum Gasteiger partial charge on any atom is 0.293 e. The van der Waals surface area contributed by atoms with Crippen LogP contribution in [0.3, 0.4) is 0 Å². The second-order valence-electron chi connectivity index (χ2n) is 3.31. The molecule has 2 aromatic rings. The molecule has 0 aliphatic rings. The molecule has 0 amide bonds. The molecular weight excluding hydrogens is 260 g/mol. The Morgan fingerprint density at radius 2 is 2.12 bits per heavy atom. The number of rotatable bonds is 4. The fraction of sp³-hybridized carbons (Fsp3) is 0.182. The molecule has 0 bridgehead atoms. The van der Waals surface area contributed by atoms with Crippen molar-refractivity contribution >= 4 is 29.1 Å². The Kier molecular flexibility index (Phi) is 3.81. The van der Waals surface area contributed by atoms with E-state index in [9.17, 15) is 4.79 Å². The summed E-state index contributed by atoms with van der Waals surface area (Å²) in [7, 11) is 0. The first-order valence-corrected chi connectivity index (χ1v) is 6.23. The summed E-state index contributed by atoms with van der Waals surface area (Å²) in [4.78, 5) is 16.0. The SMILES string of the molecule is CC(=O)c1nc(CSc2ccc(Cl)cc2)no1. The Balaban J connectivity index is 1.97. The zero-order valence-electron chi connectivity index (χ0n) is 9.01. The summed E-state index contributed by atoms with van der Waals surface area (Å²) in [5.74, 6) is 0.894. The van der Waals surface area contributed by atoms with Gasteiger partial charge in [-0.05, 0) is 24.3 Å². The number of hydrogen-bond acceptors (Lipinski definition) is 5. The highest BCUT2D eigenvalue weighted by atomic mass is 35.5. The minimum Gasteiger partial charge on any atom is -0.331 e. The predicted octanol–water partition coefficient (Wildman–Crippen LogP) is 3.22. The smallest absolute Gasteiger partial charge is 0.293 e. The molecule has 0 unspecified atom stereocenters. The molecular formula is C11H9ClN2O2S. The van der Waals surface area contributed by atoms with E-state index in [0.29, 0.717) is 16.6 Å². The number of aromatic nitrogens is 2. The summed E-state index contributed by atoms with van der Waals surface area (Å²) >= 11 is 7.33. The fourth-order valence-corrected chi connectivity index (χ4v) is 2.00. The average Bonchev–Trinajstić information content (AvgIpc) is 2.77. The summed E-state index contributed by atoms with van der Waals surface area (Å²) in [5.41, 5.74) is 0. The molecule has 17 heavy (non-hydrogen) atoms.